The number of halogens is 1. The Hall–Kier alpha value is -0.230. The zero-order valence-electron chi connectivity index (χ0n) is 10.5. The molecule has 1 fully saturated rings. The van der Waals surface area contributed by atoms with E-state index in [1.807, 2.05) is 36.5 Å². The van der Waals surface area contributed by atoms with E-state index >= 15 is 0 Å². The van der Waals surface area contributed by atoms with Gasteiger partial charge in [0, 0.05) is 28.6 Å². The lowest BCUT2D eigenvalue weighted by atomic mass is 9.99. The van der Waals surface area contributed by atoms with Crippen molar-refractivity contribution < 1.29 is 4.39 Å². The summed E-state index contributed by atoms with van der Waals surface area (Å²) in [5.41, 5.74) is 5.11. The third-order valence-electron chi connectivity index (χ3n) is 3.25. The molecular weight excluding hydrogens is 267 g/mol. The fourth-order valence-corrected chi connectivity index (χ4v) is 5.03. The van der Waals surface area contributed by atoms with Crippen LogP contribution in [0.4, 0.5) is 4.39 Å². The van der Waals surface area contributed by atoms with Gasteiger partial charge in [0.15, 0.2) is 0 Å². The van der Waals surface area contributed by atoms with Crippen molar-refractivity contribution in [2.45, 2.75) is 24.6 Å². The Morgan fingerprint density at radius 3 is 2.94 bits per heavy atom. The van der Waals surface area contributed by atoms with Gasteiger partial charge in [-0.25, -0.2) is 4.39 Å². The van der Waals surface area contributed by atoms with Gasteiger partial charge in [0.2, 0.25) is 0 Å². The fraction of sp³-hybridized carbons (Fsp3) is 0.538. The quantitative estimate of drug-likeness (QED) is 0.658. The molecule has 3 N–H and O–H groups in total. The Morgan fingerprint density at radius 1 is 1.50 bits per heavy atom. The van der Waals surface area contributed by atoms with E-state index in [0.29, 0.717) is 5.25 Å². The van der Waals surface area contributed by atoms with Crippen LogP contribution in [0.25, 0.3) is 0 Å². The van der Waals surface area contributed by atoms with Crippen LogP contribution in [0.5, 0.6) is 0 Å². The standard InChI is InChI=1S/C13H19FN2S2/c1-9-6-11(14)3-2-10(9)7-12(16-15)13-8-17-4-5-18-13/h2-3,6,12-13,16H,4-5,7-8,15H2,1H3. The predicted molar refractivity (Wildman–Crippen MR) is 79.5 cm³/mol. The highest BCUT2D eigenvalue weighted by molar-refractivity contribution is 8.06. The Kier molecular flexibility index (Phi) is 5.36. The second-order valence-electron chi connectivity index (χ2n) is 4.53. The number of rotatable bonds is 4. The molecule has 5 heteroatoms. The van der Waals surface area contributed by atoms with Crippen molar-refractivity contribution in [2.75, 3.05) is 17.3 Å². The van der Waals surface area contributed by atoms with Crippen LogP contribution in [-0.4, -0.2) is 28.6 Å². The van der Waals surface area contributed by atoms with Gasteiger partial charge < -0.3 is 0 Å². The number of nitrogens with one attached hydrogen (secondary N) is 1. The van der Waals surface area contributed by atoms with Crippen LogP contribution in [0.15, 0.2) is 18.2 Å². The van der Waals surface area contributed by atoms with E-state index in [0.717, 1.165) is 17.7 Å². The van der Waals surface area contributed by atoms with Crippen LogP contribution in [0.3, 0.4) is 0 Å². The molecular formula is C13H19FN2S2. The maximum Gasteiger partial charge on any atom is 0.123 e. The summed E-state index contributed by atoms with van der Waals surface area (Å²) in [5.74, 6) is 9.07. The van der Waals surface area contributed by atoms with Gasteiger partial charge in [-0.15, -0.1) is 0 Å². The van der Waals surface area contributed by atoms with Crippen molar-refractivity contribution >= 4 is 23.5 Å². The molecule has 1 heterocycles. The smallest absolute Gasteiger partial charge is 0.123 e. The first kappa shape index (κ1) is 14.2. The number of hydrogen-bond donors (Lipinski definition) is 2. The van der Waals surface area contributed by atoms with Crippen molar-refractivity contribution in [2.24, 2.45) is 5.84 Å². The van der Waals surface area contributed by atoms with Crippen LogP contribution in [0.1, 0.15) is 11.1 Å². The first-order valence-electron chi connectivity index (χ1n) is 6.11. The van der Waals surface area contributed by atoms with Crippen molar-refractivity contribution in [3.05, 3.63) is 35.1 Å². The molecule has 0 radical (unpaired) electrons. The molecule has 18 heavy (non-hydrogen) atoms. The predicted octanol–water partition coefficient (Wildman–Crippen LogP) is 2.36. The lowest BCUT2D eigenvalue weighted by molar-refractivity contribution is 0.522. The summed E-state index contributed by atoms with van der Waals surface area (Å²) in [4.78, 5) is 0. The third kappa shape index (κ3) is 3.63. The number of benzene rings is 1. The first-order chi connectivity index (χ1) is 8.70. The zero-order valence-corrected chi connectivity index (χ0v) is 12.1. The maximum atomic E-state index is 13.1. The van der Waals surface area contributed by atoms with E-state index in [1.165, 1.54) is 23.1 Å². The molecule has 1 aliphatic rings. The summed E-state index contributed by atoms with van der Waals surface area (Å²) in [6.07, 6.45) is 0.862. The van der Waals surface area contributed by atoms with E-state index in [1.54, 1.807) is 6.07 Å². The lowest BCUT2D eigenvalue weighted by Gasteiger charge is -2.29. The molecule has 0 saturated carbocycles. The number of thioether (sulfide) groups is 2. The summed E-state index contributed by atoms with van der Waals surface area (Å²) < 4.78 is 13.1. The molecule has 2 atom stereocenters. The Bertz CT molecular complexity index is 395. The van der Waals surface area contributed by atoms with E-state index < -0.39 is 0 Å². The molecule has 0 aromatic heterocycles. The van der Waals surface area contributed by atoms with Gasteiger partial charge in [-0.05, 0) is 36.6 Å². The lowest BCUT2D eigenvalue weighted by Crippen LogP contribution is -2.46. The van der Waals surface area contributed by atoms with Crippen LogP contribution >= 0.6 is 23.5 Å². The third-order valence-corrected chi connectivity index (χ3v) is 6.17. The summed E-state index contributed by atoms with van der Waals surface area (Å²) in [7, 11) is 0. The largest absolute Gasteiger partial charge is 0.271 e. The molecule has 100 valence electrons. The monoisotopic (exact) mass is 286 g/mol. The van der Waals surface area contributed by atoms with Crippen molar-refractivity contribution in [3.63, 3.8) is 0 Å². The summed E-state index contributed by atoms with van der Waals surface area (Å²) in [6, 6.07) is 5.24. The summed E-state index contributed by atoms with van der Waals surface area (Å²) in [6.45, 7) is 1.95. The number of hydrogen-bond acceptors (Lipinski definition) is 4. The van der Waals surface area contributed by atoms with Gasteiger partial charge in [-0.1, -0.05) is 6.07 Å². The van der Waals surface area contributed by atoms with Crippen LogP contribution in [-0.2, 0) is 6.42 Å². The second-order valence-corrected chi connectivity index (χ2v) is 7.03. The van der Waals surface area contributed by atoms with Gasteiger partial charge >= 0.3 is 0 Å². The molecule has 1 aromatic carbocycles. The summed E-state index contributed by atoms with van der Waals surface area (Å²) in [5, 5.41) is 0.540. The van der Waals surface area contributed by atoms with Gasteiger partial charge in [-0.3, -0.25) is 11.3 Å². The van der Waals surface area contributed by atoms with Crippen LogP contribution in [0.2, 0.25) is 0 Å². The van der Waals surface area contributed by atoms with Gasteiger partial charge in [0.1, 0.15) is 5.82 Å². The minimum absolute atomic E-state index is 0.170. The highest BCUT2D eigenvalue weighted by Crippen LogP contribution is 2.28. The zero-order chi connectivity index (χ0) is 13.0. The average molecular weight is 286 g/mol. The van der Waals surface area contributed by atoms with E-state index in [2.05, 4.69) is 5.43 Å². The molecule has 1 saturated heterocycles. The highest BCUT2D eigenvalue weighted by atomic mass is 32.2. The number of aryl methyl sites for hydroxylation is 1. The molecule has 0 spiro atoms. The Labute approximate surface area is 116 Å². The van der Waals surface area contributed by atoms with Crippen LogP contribution in [0, 0.1) is 12.7 Å². The van der Waals surface area contributed by atoms with Crippen molar-refractivity contribution in [1.29, 1.82) is 0 Å². The number of hydrazine groups is 1. The molecule has 0 amide bonds. The summed E-state index contributed by atoms with van der Waals surface area (Å²) >= 11 is 3.97. The minimum atomic E-state index is -0.170. The van der Waals surface area contributed by atoms with Gasteiger partial charge in [0.25, 0.3) is 0 Å². The SMILES string of the molecule is Cc1cc(F)ccc1CC(NN)C1CSCCS1. The fourth-order valence-electron chi connectivity index (χ4n) is 2.16. The van der Waals surface area contributed by atoms with Crippen molar-refractivity contribution in [1.82, 2.24) is 5.43 Å². The maximum absolute atomic E-state index is 13.1. The molecule has 1 aromatic rings. The second kappa shape index (κ2) is 6.80. The molecule has 1 aliphatic heterocycles. The molecule has 2 nitrogen and oxygen atoms in total. The van der Waals surface area contributed by atoms with Gasteiger partial charge in [-0.2, -0.15) is 23.5 Å². The first-order valence-corrected chi connectivity index (χ1v) is 8.31. The Morgan fingerprint density at radius 2 is 2.33 bits per heavy atom. The average Bonchev–Trinajstić information content (AvgIpc) is 2.39. The molecule has 0 aliphatic carbocycles. The Balaban J connectivity index is 2.04. The molecule has 0 bridgehead atoms. The van der Waals surface area contributed by atoms with Crippen molar-refractivity contribution in [3.8, 4) is 0 Å². The minimum Gasteiger partial charge on any atom is -0.271 e. The number of nitrogens with two attached hydrogens (primary N) is 1. The highest BCUT2D eigenvalue weighted by Gasteiger charge is 2.24. The topological polar surface area (TPSA) is 38.0 Å². The van der Waals surface area contributed by atoms with Crippen LogP contribution < -0.4 is 11.3 Å². The van der Waals surface area contributed by atoms with Gasteiger partial charge in [0.05, 0.1) is 0 Å². The van der Waals surface area contributed by atoms with E-state index in [9.17, 15) is 4.39 Å². The normalized spacial score (nSPS) is 21.8. The van der Waals surface area contributed by atoms with E-state index in [4.69, 9.17) is 5.84 Å². The van der Waals surface area contributed by atoms with E-state index in [-0.39, 0.29) is 11.9 Å². The molecule has 2 rings (SSSR count). The molecule has 2 unspecified atom stereocenters.